The van der Waals surface area contributed by atoms with Crippen LogP contribution in [0.4, 0.5) is 5.69 Å². The highest BCUT2D eigenvalue weighted by molar-refractivity contribution is 5.98. The number of hydrogen-bond acceptors (Lipinski definition) is 3. The molecule has 1 amide bonds. The molecule has 0 unspecified atom stereocenters. The Labute approximate surface area is 143 Å². The van der Waals surface area contributed by atoms with E-state index < -0.39 is 0 Å². The summed E-state index contributed by atoms with van der Waals surface area (Å²) in [5, 5.41) is 0. The molecule has 2 aromatic carbocycles. The van der Waals surface area contributed by atoms with Gasteiger partial charge >= 0.3 is 0 Å². The summed E-state index contributed by atoms with van der Waals surface area (Å²) in [6.07, 6.45) is 0. The van der Waals surface area contributed by atoms with Gasteiger partial charge in [0.2, 0.25) is 5.91 Å². The average Bonchev–Trinajstić information content (AvgIpc) is 2.61. The van der Waals surface area contributed by atoms with Crippen molar-refractivity contribution in [1.82, 2.24) is 4.90 Å². The average molecular weight is 324 g/mol. The first kappa shape index (κ1) is 16.5. The minimum absolute atomic E-state index is 0.125. The predicted octanol–water partition coefficient (Wildman–Crippen LogP) is 3.24. The van der Waals surface area contributed by atoms with Crippen LogP contribution in [0, 0.1) is 6.92 Å². The zero-order chi connectivity index (χ0) is 17.1. The van der Waals surface area contributed by atoms with Crippen LogP contribution in [0.5, 0.6) is 5.75 Å². The molecule has 0 bridgehead atoms. The van der Waals surface area contributed by atoms with Crippen LogP contribution in [-0.2, 0) is 11.3 Å². The third-order valence-electron chi connectivity index (χ3n) is 4.73. The van der Waals surface area contributed by atoms with Crippen LogP contribution >= 0.6 is 0 Å². The lowest BCUT2D eigenvalue weighted by Gasteiger charge is -2.39. The Balaban J connectivity index is 1.71. The van der Waals surface area contributed by atoms with Crippen LogP contribution in [-0.4, -0.2) is 37.0 Å². The van der Waals surface area contributed by atoms with Crippen LogP contribution in [0.3, 0.4) is 0 Å². The predicted molar refractivity (Wildman–Crippen MR) is 96.4 cm³/mol. The van der Waals surface area contributed by atoms with Crippen molar-refractivity contribution in [3.8, 4) is 5.75 Å². The Hall–Kier alpha value is -2.33. The van der Waals surface area contributed by atoms with Crippen molar-refractivity contribution in [3.05, 3.63) is 59.7 Å². The molecule has 24 heavy (non-hydrogen) atoms. The molecule has 2 aromatic rings. The molecule has 4 heteroatoms. The molecule has 1 aliphatic heterocycles. The first-order chi connectivity index (χ1) is 11.6. The number of aryl methyl sites for hydroxylation is 1. The van der Waals surface area contributed by atoms with E-state index in [9.17, 15) is 4.79 Å². The SMILES string of the molecule is COc1ccc(CN2CCN(c3ccccc3C)C(=O)[C@@H]2C)cc1. The van der Waals surface area contributed by atoms with Crippen molar-refractivity contribution < 1.29 is 9.53 Å². The van der Waals surface area contributed by atoms with E-state index >= 15 is 0 Å². The summed E-state index contributed by atoms with van der Waals surface area (Å²) in [5.41, 5.74) is 3.36. The summed E-state index contributed by atoms with van der Waals surface area (Å²) in [6.45, 7) is 6.42. The fraction of sp³-hybridized carbons (Fsp3) is 0.350. The van der Waals surface area contributed by atoms with Crippen LogP contribution in [0.15, 0.2) is 48.5 Å². The van der Waals surface area contributed by atoms with E-state index in [4.69, 9.17) is 4.74 Å². The number of ether oxygens (including phenoxy) is 1. The number of methoxy groups -OCH3 is 1. The molecule has 1 atom stereocenters. The van der Waals surface area contributed by atoms with Crippen LogP contribution in [0.1, 0.15) is 18.1 Å². The maximum atomic E-state index is 12.8. The van der Waals surface area contributed by atoms with Crippen LogP contribution < -0.4 is 9.64 Å². The van der Waals surface area contributed by atoms with Gasteiger partial charge in [-0.15, -0.1) is 0 Å². The van der Waals surface area contributed by atoms with Crippen molar-refractivity contribution in [2.45, 2.75) is 26.4 Å². The molecular weight excluding hydrogens is 300 g/mol. The third kappa shape index (κ3) is 3.29. The van der Waals surface area contributed by atoms with E-state index in [-0.39, 0.29) is 11.9 Å². The minimum Gasteiger partial charge on any atom is -0.497 e. The van der Waals surface area contributed by atoms with Gasteiger partial charge in [0.05, 0.1) is 13.2 Å². The van der Waals surface area contributed by atoms with E-state index in [1.807, 2.05) is 42.2 Å². The monoisotopic (exact) mass is 324 g/mol. The van der Waals surface area contributed by atoms with Gasteiger partial charge in [0.25, 0.3) is 0 Å². The molecule has 0 aliphatic carbocycles. The molecular formula is C20H24N2O2. The second kappa shape index (κ2) is 7.05. The third-order valence-corrected chi connectivity index (χ3v) is 4.73. The van der Waals surface area contributed by atoms with Crippen molar-refractivity contribution >= 4 is 11.6 Å². The number of benzene rings is 2. The number of anilines is 1. The number of rotatable bonds is 4. The molecule has 0 spiro atoms. The number of para-hydroxylation sites is 1. The number of carbonyl (C=O) groups excluding carboxylic acids is 1. The second-order valence-corrected chi connectivity index (χ2v) is 6.27. The van der Waals surface area contributed by atoms with E-state index in [0.717, 1.165) is 36.6 Å². The molecule has 0 N–H and O–H groups in total. The summed E-state index contributed by atoms with van der Waals surface area (Å²) < 4.78 is 5.20. The van der Waals surface area contributed by atoms with Crippen LogP contribution in [0.2, 0.25) is 0 Å². The van der Waals surface area contributed by atoms with Crippen LogP contribution in [0.25, 0.3) is 0 Å². The largest absolute Gasteiger partial charge is 0.497 e. The van der Waals surface area contributed by atoms with Gasteiger partial charge in [-0.05, 0) is 43.2 Å². The second-order valence-electron chi connectivity index (χ2n) is 6.27. The van der Waals surface area contributed by atoms with Gasteiger partial charge < -0.3 is 9.64 Å². The first-order valence-corrected chi connectivity index (χ1v) is 8.34. The molecule has 126 valence electrons. The standard InChI is InChI=1S/C20H24N2O2/c1-15-6-4-5-7-19(15)22-13-12-21(16(2)20(22)23)14-17-8-10-18(24-3)11-9-17/h4-11,16H,12-14H2,1-3H3/t16-/m0/s1. The topological polar surface area (TPSA) is 32.8 Å². The number of amides is 1. The van der Waals surface area contributed by atoms with Gasteiger partial charge in [-0.1, -0.05) is 30.3 Å². The number of hydrogen-bond donors (Lipinski definition) is 0. The molecule has 0 radical (unpaired) electrons. The Kier molecular flexibility index (Phi) is 4.86. The molecule has 1 heterocycles. The lowest BCUT2D eigenvalue weighted by Crippen LogP contribution is -2.55. The molecule has 1 saturated heterocycles. The summed E-state index contributed by atoms with van der Waals surface area (Å²) >= 11 is 0. The zero-order valence-electron chi connectivity index (χ0n) is 14.5. The minimum atomic E-state index is -0.125. The molecule has 0 aromatic heterocycles. The van der Waals surface area contributed by atoms with E-state index in [2.05, 4.69) is 30.0 Å². The Bertz CT molecular complexity index is 712. The molecule has 1 fully saturated rings. The van der Waals surface area contributed by atoms with E-state index in [1.165, 1.54) is 5.56 Å². The highest BCUT2D eigenvalue weighted by Gasteiger charge is 2.32. The Morgan fingerprint density at radius 2 is 1.79 bits per heavy atom. The zero-order valence-corrected chi connectivity index (χ0v) is 14.5. The van der Waals surface area contributed by atoms with Gasteiger partial charge in [0.1, 0.15) is 5.75 Å². The van der Waals surface area contributed by atoms with Crippen molar-refractivity contribution in [3.63, 3.8) is 0 Å². The summed E-state index contributed by atoms with van der Waals surface area (Å²) in [4.78, 5) is 17.0. The quantitative estimate of drug-likeness (QED) is 0.865. The number of nitrogens with zero attached hydrogens (tertiary/aromatic N) is 2. The van der Waals surface area contributed by atoms with Crippen molar-refractivity contribution in [2.24, 2.45) is 0 Å². The normalized spacial score (nSPS) is 18.7. The smallest absolute Gasteiger partial charge is 0.244 e. The van der Waals surface area contributed by atoms with Gasteiger partial charge in [0, 0.05) is 25.3 Å². The number of carbonyl (C=O) groups is 1. The molecule has 0 saturated carbocycles. The Morgan fingerprint density at radius 3 is 2.46 bits per heavy atom. The maximum Gasteiger partial charge on any atom is 0.244 e. The fourth-order valence-electron chi connectivity index (χ4n) is 3.20. The van der Waals surface area contributed by atoms with Gasteiger partial charge in [0.15, 0.2) is 0 Å². The molecule has 3 rings (SSSR count). The highest BCUT2D eigenvalue weighted by atomic mass is 16.5. The molecule has 1 aliphatic rings. The lowest BCUT2D eigenvalue weighted by molar-refractivity contribution is -0.125. The maximum absolute atomic E-state index is 12.8. The fourth-order valence-corrected chi connectivity index (χ4v) is 3.20. The van der Waals surface area contributed by atoms with Gasteiger partial charge in [-0.25, -0.2) is 0 Å². The van der Waals surface area contributed by atoms with Gasteiger partial charge in [-0.2, -0.15) is 0 Å². The lowest BCUT2D eigenvalue weighted by atomic mass is 10.1. The summed E-state index contributed by atoms with van der Waals surface area (Å²) in [5.74, 6) is 1.02. The number of piperazine rings is 1. The van der Waals surface area contributed by atoms with Crippen molar-refractivity contribution in [1.29, 1.82) is 0 Å². The first-order valence-electron chi connectivity index (χ1n) is 8.34. The Morgan fingerprint density at radius 1 is 1.08 bits per heavy atom. The van der Waals surface area contributed by atoms with Gasteiger partial charge in [-0.3, -0.25) is 9.69 Å². The van der Waals surface area contributed by atoms with E-state index in [1.54, 1.807) is 7.11 Å². The summed E-state index contributed by atoms with van der Waals surface area (Å²) in [7, 11) is 1.67. The molecule has 4 nitrogen and oxygen atoms in total. The highest BCUT2D eigenvalue weighted by Crippen LogP contribution is 2.25. The summed E-state index contributed by atoms with van der Waals surface area (Å²) in [6, 6.07) is 16.0. The van der Waals surface area contributed by atoms with E-state index in [0.29, 0.717) is 0 Å². The van der Waals surface area contributed by atoms with Crippen molar-refractivity contribution in [2.75, 3.05) is 25.1 Å².